The lowest BCUT2D eigenvalue weighted by atomic mass is 10.1. The second-order valence-corrected chi connectivity index (χ2v) is 6.36. The Labute approximate surface area is 131 Å². The van der Waals surface area contributed by atoms with Crippen LogP contribution in [0.4, 0.5) is 0 Å². The fraction of sp³-hybridized carbons (Fsp3) is 0.389. The van der Waals surface area contributed by atoms with Crippen LogP contribution in [-0.4, -0.2) is 16.1 Å². The van der Waals surface area contributed by atoms with Crippen molar-refractivity contribution in [1.29, 1.82) is 0 Å². The number of aryl methyl sites for hydroxylation is 2. The summed E-state index contributed by atoms with van der Waals surface area (Å²) >= 11 is 1.70. The molecule has 0 unspecified atom stereocenters. The van der Waals surface area contributed by atoms with Gasteiger partial charge in [0.15, 0.2) is 5.78 Å². The van der Waals surface area contributed by atoms with Gasteiger partial charge in [0.25, 0.3) is 0 Å². The molecule has 21 heavy (non-hydrogen) atoms. The van der Waals surface area contributed by atoms with E-state index in [9.17, 15) is 4.79 Å². The number of thioether (sulfide) groups is 1. The molecule has 0 aliphatic heterocycles. The lowest BCUT2D eigenvalue weighted by Gasteiger charge is -2.06. The van der Waals surface area contributed by atoms with E-state index in [4.69, 9.17) is 0 Å². The number of aromatic nitrogens is 1. The van der Waals surface area contributed by atoms with E-state index in [1.54, 1.807) is 11.8 Å². The fourth-order valence-electron chi connectivity index (χ4n) is 2.67. The van der Waals surface area contributed by atoms with Gasteiger partial charge in [0.1, 0.15) is 0 Å². The Morgan fingerprint density at radius 1 is 1.19 bits per heavy atom. The number of hydrogen-bond acceptors (Lipinski definition) is 2. The first-order valence-corrected chi connectivity index (χ1v) is 8.52. The minimum Gasteiger partial charge on any atom is -0.349 e. The maximum Gasteiger partial charge on any atom is 0.174 e. The van der Waals surface area contributed by atoms with Crippen LogP contribution in [0.25, 0.3) is 0 Å². The third-order valence-electron chi connectivity index (χ3n) is 3.94. The molecule has 2 aromatic rings. The van der Waals surface area contributed by atoms with Crippen LogP contribution in [0.15, 0.2) is 30.3 Å². The van der Waals surface area contributed by atoms with Gasteiger partial charge in [0.05, 0.1) is 5.75 Å². The van der Waals surface area contributed by atoms with Crippen LogP contribution in [0.2, 0.25) is 0 Å². The summed E-state index contributed by atoms with van der Waals surface area (Å²) in [5.41, 5.74) is 5.75. The topological polar surface area (TPSA) is 22.0 Å². The molecule has 2 rings (SSSR count). The largest absolute Gasteiger partial charge is 0.349 e. The van der Waals surface area contributed by atoms with Crippen molar-refractivity contribution in [2.75, 3.05) is 5.75 Å². The summed E-state index contributed by atoms with van der Waals surface area (Å²) < 4.78 is 2.19. The Balaban J connectivity index is 1.98. The molecule has 0 N–H and O–H groups in total. The second kappa shape index (κ2) is 6.99. The van der Waals surface area contributed by atoms with E-state index in [0.29, 0.717) is 5.75 Å². The fourth-order valence-corrected chi connectivity index (χ4v) is 3.66. The number of Topliss-reactive ketones (excluding diaryl/α,β-unsaturated/α-hetero) is 1. The highest BCUT2D eigenvalue weighted by Crippen LogP contribution is 2.20. The molecule has 0 atom stereocenters. The summed E-state index contributed by atoms with van der Waals surface area (Å²) in [6, 6.07) is 10.4. The number of nitrogens with zero attached hydrogens (tertiary/aromatic N) is 1. The van der Waals surface area contributed by atoms with E-state index < -0.39 is 0 Å². The summed E-state index contributed by atoms with van der Waals surface area (Å²) in [6.45, 7) is 9.25. The normalized spacial score (nSPS) is 10.9. The van der Waals surface area contributed by atoms with Crippen LogP contribution in [0.5, 0.6) is 0 Å². The summed E-state index contributed by atoms with van der Waals surface area (Å²) in [4.78, 5) is 12.4. The van der Waals surface area contributed by atoms with E-state index in [1.807, 2.05) is 19.1 Å². The average Bonchev–Trinajstić information content (AvgIpc) is 2.75. The molecule has 0 aliphatic carbocycles. The smallest absolute Gasteiger partial charge is 0.174 e. The molecule has 0 amide bonds. The maximum atomic E-state index is 12.4. The molecule has 112 valence electrons. The maximum absolute atomic E-state index is 12.4. The van der Waals surface area contributed by atoms with Gasteiger partial charge in [0.2, 0.25) is 0 Å². The molecular formula is C18H23NOS. The van der Waals surface area contributed by atoms with Crippen LogP contribution in [-0.2, 0) is 12.3 Å². The van der Waals surface area contributed by atoms with E-state index in [2.05, 4.69) is 43.5 Å². The van der Waals surface area contributed by atoms with E-state index in [-0.39, 0.29) is 5.78 Å². The molecule has 2 nitrogen and oxygen atoms in total. The zero-order valence-corrected chi connectivity index (χ0v) is 14.1. The van der Waals surface area contributed by atoms with E-state index >= 15 is 0 Å². The predicted molar refractivity (Wildman–Crippen MR) is 91.3 cm³/mol. The summed E-state index contributed by atoms with van der Waals surface area (Å²) in [7, 11) is 0. The first kappa shape index (κ1) is 15.9. The molecule has 1 aromatic carbocycles. The van der Waals surface area contributed by atoms with Crippen molar-refractivity contribution in [3.63, 3.8) is 0 Å². The second-order valence-electron chi connectivity index (χ2n) is 5.37. The van der Waals surface area contributed by atoms with Crippen molar-refractivity contribution in [2.45, 2.75) is 40.0 Å². The molecular weight excluding hydrogens is 278 g/mol. The number of carbonyl (C=O) groups is 1. The van der Waals surface area contributed by atoms with Gasteiger partial charge in [-0.25, -0.2) is 0 Å². The zero-order valence-electron chi connectivity index (χ0n) is 13.3. The number of benzene rings is 1. The van der Waals surface area contributed by atoms with Gasteiger partial charge >= 0.3 is 0 Å². The van der Waals surface area contributed by atoms with Gasteiger partial charge < -0.3 is 4.57 Å². The van der Waals surface area contributed by atoms with Crippen LogP contribution in [0, 0.1) is 20.8 Å². The lowest BCUT2D eigenvalue weighted by Crippen LogP contribution is -2.06. The first-order chi connectivity index (χ1) is 10.0. The van der Waals surface area contributed by atoms with Crippen molar-refractivity contribution in [1.82, 2.24) is 4.57 Å². The summed E-state index contributed by atoms with van der Waals surface area (Å²) in [6.07, 6.45) is 0. The summed E-state index contributed by atoms with van der Waals surface area (Å²) in [5.74, 6) is 1.68. The van der Waals surface area contributed by atoms with Crippen molar-refractivity contribution in [2.24, 2.45) is 0 Å². The molecule has 0 fully saturated rings. The Hall–Kier alpha value is -1.48. The van der Waals surface area contributed by atoms with Crippen molar-refractivity contribution < 1.29 is 4.79 Å². The molecule has 0 saturated heterocycles. The van der Waals surface area contributed by atoms with Crippen molar-refractivity contribution in [3.05, 3.63) is 58.4 Å². The predicted octanol–water partition coefficient (Wildman–Crippen LogP) is 4.55. The van der Waals surface area contributed by atoms with Gasteiger partial charge in [0, 0.05) is 29.2 Å². The number of carbonyl (C=O) groups excluding carboxylic acids is 1. The lowest BCUT2D eigenvalue weighted by molar-refractivity contribution is 0.102. The average molecular weight is 301 g/mol. The number of ketones is 1. The van der Waals surface area contributed by atoms with Crippen LogP contribution in [0.3, 0.4) is 0 Å². The molecule has 3 heteroatoms. The van der Waals surface area contributed by atoms with Gasteiger partial charge in [-0.2, -0.15) is 0 Å². The minimum atomic E-state index is 0.237. The minimum absolute atomic E-state index is 0.237. The Kier molecular flexibility index (Phi) is 5.29. The van der Waals surface area contributed by atoms with E-state index in [1.165, 1.54) is 16.8 Å². The number of rotatable bonds is 6. The van der Waals surface area contributed by atoms with Crippen LogP contribution < -0.4 is 0 Å². The Bertz CT molecular complexity index is 643. The molecule has 1 aromatic heterocycles. The van der Waals surface area contributed by atoms with E-state index in [0.717, 1.165) is 23.6 Å². The highest BCUT2D eigenvalue weighted by atomic mass is 32.2. The number of hydrogen-bond donors (Lipinski definition) is 0. The first-order valence-electron chi connectivity index (χ1n) is 7.36. The zero-order chi connectivity index (χ0) is 15.4. The van der Waals surface area contributed by atoms with Gasteiger partial charge in [-0.3, -0.25) is 4.79 Å². The summed E-state index contributed by atoms with van der Waals surface area (Å²) in [5, 5.41) is 0. The third-order valence-corrected chi connectivity index (χ3v) is 4.92. The molecule has 0 saturated carbocycles. The Morgan fingerprint density at radius 2 is 1.90 bits per heavy atom. The molecule has 0 bridgehead atoms. The van der Waals surface area contributed by atoms with Crippen LogP contribution in [0.1, 0.15) is 39.8 Å². The monoisotopic (exact) mass is 301 g/mol. The third kappa shape index (κ3) is 3.59. The SMILES string of the molecule is CCn1c(C)cc(C(=O)CSCc2ccccc2C)c1C. The molecule has 1 heterocycles. The highest BCUT2D eigenvalue weighted by Gasteiger charge is 2.14. The van der Waals surface area contributed by atoms with Crippen LogP contribution >= 0.6 is 11.8 Å². The van der Waals surface area contributed by atoms with Gasteiger partial charge in [-0.15, -0.1) is 11.8 Å². The highest BCUT2D eigenvalue weighted by molar-refractivity contribution is 7.99. The molecule has 0 radical (unpaired) electrons. The molecule has 0 aliphatic rings. The van der Waals surface area contributed by atoms with Gasteiger partial charge in [-0.1, -0.05) is 24.3 Å². The molecule has 0 spiro atoms. The van der Waals surface area contributed by atoms with Gasteiger partial charge in [-0.05, 0) is 44.9 Å². The quantitative estimate of drug-likeness (QED) is 0.730. The Morgan fingerprint density at radius 3 is 2.52 bits per heavy atom. The standard InChI is InChI=1S/C18H23NOS/c1-5-19-14(3)10-17(15(19)4)18(20)12-21-11-16-9-7-6-8-13(16)2/h6-10H,5,11-12H2,1-4H3. The van der Waals surface area contributed by atoms with Crippen molar-refractivity contribution in [3.8, 4) is 0 Å². The van der Waals surface area contributed by atoms with Crippen molar-refractivity contribution >= 4 is 17.5 Å².